The molecule has 3 aliphatic heterocycles. The number of nitrogens with zero attached hydrogens (tertiary/aromatic N) is 7. The molecule has 11 nitrogen and oxygen atoms in total. The quantitative estimate of drug-likeness (QED) is 0.284. The zero-order valence-electron chi connectivity index (χ0n) is 25.5. The summed E-state index contributed by atoms with van der Waals surface area (Å²) in [6, 6.07) is 11.1. The van der Waals surface area contributed by atoms with Crippen molar-refractivity contribution in [1.82, 2.24) is 24.5 Å². The van der Waals surface area contributed by atoms with Crippen LogP contribution in [0.5, 0.6) is 17.4 Å². The Labute approximate surface area is 262 Å². The van der Waals surface area contributed by atoms with E-state index in [1.54, 1.807) is 24.9 Å². The van der Waals surface area contributed by atoms with Crippen LogP contribution in [0.4, 0.5) is 5.82 Å². The molecular formula is C34H37N7O4. The number of piperazine rings is 1. The zero-order valence-corrected chi connectivity index (χ0v) is 25.5. The van der Waals surface area contributed by atoms with Gasteiger partial charge in [0, 0.05) is 61.3 Å². The van der Waals surface area contributed by atoms with Crippen LogP contribution in [-0.4, -0.2) is 81.7 Å². The molecule has 5 fully saturated rings. The smallest absolute Gasteiger partial charge is 0.212 e. The van der Waals surface area contributed by atoms with Crippen LogP contribution in [0.2, 0.25) is 0 Å². The van der Waals surface area contributed by atoms with Gasteiger partial charge in [-0.05, 0) is 61.1 Å². The fourth-order valence-corrected chi connectivity index (χ4v) is 7.86. The Hall–Kier alpha value is -4.40. The average Bonchev–Trinajstić information content (AvgIpc) is 3.62. The van der Waals surface area contributed by atoms with Gasteiger partial charge >= 0.3 is 0 Å². The number of methoxy groups -OCH3 is 2. The monoisotopic (exact) mass is 607 g/mol. The van der Waals surface area contributed by atoms with Crippen LogP contribution in [0.25, 0.3) is 16.6 Å². The maximum Gasteiger partial charge on any atom is 0.212 e. The van der Waals surface area contributed by atoms with E-state index in [4.69, 9.17) is 19.2 Å². The second kappa shape index (κ2) is 11.2. The van der Waals surface area contributed by atoms with Gasteiger partial charge in [0.15, 0.2) is 11.6 Å². The second-order valence-corrected chi connectivity index (χ2v) is 12.9. The van der Waals surface area contributed by atoms with E-state index in [1.165, 1.54) is 18.4 Å². The predicted molar refractivity (Wildman–Crippen MR) is 166 cm³/mol. The highest BCUT2D eigenvalue weighted by Gasteiger charge is 2.52. The second-order valence-electron chi connectivity index (χ2n) is 12.9. The number of anilines is 1. The number of rotatable bonds is 10. The average molecular weight is 608 g/mol. The highest BCUT2D eigenvalue weighted by Crippen LogP contribution is 2.55. The molecule has 0 spiro atoms. The summed E-state index contributed by atoms with van der Waals surface area (Å²) in [5.41, 5.74) is 4.00. The summed E-state index contributed by atoms with van der Waals surface area (Å²) < 4.78 is 19.0. The molecule has 0 radical (unpaired) electrons. The Balaban J connectivity index is 1.01. The number of fused-ring (bicyclic) bond motifs is 4. The largest absolute Gasteiger partial charge is 0.493 e. The molecule has 3 saturated heterocycles. The lowest BCUT2D eigenvalue weighted by molar-refractivity contribution is -0.00890. The molecule has 6 unspecified atom stereocenters. The molecule has 4 aromatic heterocycles. The Morgan fingerprint density at radius 3 is 2.60 bits per heavy atom. The summed E-state index contributed by atoms with van der Waals surface area (Å²) in [5.74, 6) is 4.32. The molecule has 2 bridgehead atoms. The van der Waals surface area contributed by atoms with Gasteiger partial charge in [-0.25, -0.2) is 14.5 Å². The first-order chi connectivity index (χ1) is 22.0. The molecule has 2 aliphatic carbocycles. The van der Waals surface area contributed by atoms with Crippen molar-refractivity contribution in [2.24, 2.45) is 17.8 Å². The van der Waals surface area contributed by atoms with Gasteiger partial charge in [-0.3, -0.25) is 4.90 Å². The molecule has 0 amide bonds. The Kier molecular flexibility index (Phi) is 6.99. The standard InChI is InChI=1S/C34H37N7O4/c1-43-30-9-23(14-37-34(30)39-17-25-10-26(18-39)40(25)16-20-3-4-31(44-2)36-13-20)28-11-27(19-41-32(28)24(12-35)15-38-41)45-6-5-21-7-22-8-29(22)33(21)42/h3-4,9,11,13-15,19,21-22,25-26,29,33,42H,5-8,10,16-18H2,1-2H3. The van der Waals surface area contributed by atoms with E-state index in [0.29, 0.717) is 64.9 Å². The summed E-state index contributed by atoms with van der Waals surface area (Å²) in [7, 11) is 3.31. The molecule has 45 heavy (non-hydrogen) atoms. The van der Waals surface area contributed by atoms with Gasteiger partial charge in [0.2, 0.25) is 5.88 Å². The van der Waals surface area contributed by atoms with Gasteiger partial charge in [0.05, 0.1) is 50.4 Å². The first kappa shape index (κ1) is 28.1. The van der Waals surface area contributed by atoms with E-state index in [2.05, 4.69) is 32.0 Å². The molecule has 9 rings (SSSR count). The van der Waals surface area contributed by atoms with Crippen molar-refractivity contribution in [2.45, 2.75) is 50.4 Å². The number of aliphatic hydroxyl groups excluding tert-OH is 1. The lowest BCUT2D eigenvalue weighted by atomic mass is 9.87. The molecule has 232 valence electrons. The van der Waals surface area contributed by atoms with E-state index in [9.17, 15) is 10.4 Å². The van der Waals surface area contributed by atoms with Gasteiger partial charge in [-0.2, -0.15) is 10.4 Å². The molecule has 2 saturated carbocycles. The Morgan fingerprint density at radius 1 is 1.02 bits per heavy atom. The molecule has 6 atom stereocenters. The van der Waals surface area contributed by atoms with Crippen molar-refractivity contribution < 1.29 is 19.3 Å². The Morgan fingerprint density at radius 2 is 1.89 bits per heavy atom. The summed E-state index contributed by atoms with van der Waals surface area (Å²) in [6.45, 7) is 3.12. The van der Waals surface area contributed by atoms with Crippen molar-refractivity contribution in [2.75, 3.05) is 38.8 Å². The van der Waals surface area contributed by atoms with Crippen LogP contribution in [0.3, 0.4) is 0 Å². The van der Waals surface area contributed by atoms with Crippen molar-refractivity contribution in [3.05, 3.63) is 60.2 Å². The van der Waals surface area contributed by atoms with Crippen LogP contribution >= 0.6 is 0 Å². The summed E-state index contributed by atoms with van der Waals surface area (Å²) in [6.07, 6.45) is 11.2. The highest BCUT2D eigenvalue weighted by molar-refractivity contribution is 5.86. The molecule has 7 heterocycles. The van der Waals surface area contributed by atoms with Crippen molar-refractivity contribution in [1.29, 1.82) is 5.26 Å². The lowest BCUT2D eigenvalue weighted by Crippen LogP contribution is -2.68. The van der Waals surface area contributed by atoms with E-state index in [0.717, 1.165) is 49.4 Å². The van der Waals surface area contributed by atoms with Crippen LogP contribution in [-0.2, 0) is 6.54 Å². The first-order valence-corrected chi connectivity index (χ1v) is 15.8. The van der Waals surface area contributed by atoms with Crippen LogP contribution in [0.1, 0.15) is 36.8 Å². The number of aromatic nitrogens is 4. The summed E-state index contributed by atoms with van der Waals surface area (Å²) in [5, 5.41) is 24.8. The van der Waals surface area contributed by atoms with Gasteiger partial charge in [0.25, 0.3) is 0 Å². The molecular weight excluding hydrogens is 570 g/mol. The van der Waals surface area contributed by atoms with Crippen molar-refractivity contribution in [3.63, 3.8) is 0 Å². The minimum atomic E-state index is -0.197. The van der Waals surface area contributed by atoms with Gasteiger partial charge in [0.1, 0.15) is 11.8 Å². The first-order valence-electron chi connectivity index (χ1n) is 15.8. The third kappa shape index (κ3) is 5.02. The van der Waals surface area contributed by atoms with Gasteiger partial charge < -0.3 is 24.2 Å². The third-order valence-electron chi connectivity index (χ3n) is 10.3. The lowest BCUT2D eigenvalue weighted by Gasteiger charge is -2.56. The maximum atomic E-state index is 10.5. The fourth-order valence-electron chi connectivity index (χ4n) is 7.86. The number of pyridine rings is 3. The van der Waals surface area contributed by atoms with Crippen molar-refractivity contribution >= 4 is 11.3 Å². The highest BCUT2D eigenvalue weighted by atomic mass is 16.5. The van der Waals surface area contributed by atoms with E-state index < -0.39 is 0 Å². The molecule has 1 N–H and O–H groups in total. The number of aliphatic hydroxyl groups is 1. The number of ether oxygens (including phenoxy) is 3. The van der Waals surface area contributed by atoms with E-state index in [-0.39, 0.29) is 6.10 Å². The normalized spacial score (nSPS) is 26.7. The topological polar surface area (TPSA) is 121 Å². The number of hydrogen-bond donors (Lipinski definition) is 1. The molecule has 0 aromatic carbocycles. The van der Waals surface area contributed by atoms with E-state index in [1.807, 2.05) is 36.8 Å². The summed E-state index contributed by atoms with van der Waals surface area (Å²) in [4.78, 5) is 14.1. The summed E-state index contributed by atoms with van der Waals surface area (Å²) >= 11 is 0. The van der Waals surface area contributed by atoms with Crippen molar-refractivity contribution in [3.8, 4) is 34.6 Å². The van der Waals surface area contributed by atoms with E-state index >= 15 is 0 Å². The number of hydrogen-bond acceptors (Lipinski definition) is 10. The van der Waals surface area contributed by atoms with Crippen LogP contribution in [0, 0.1) is 29.1 Å². The fraction of sp³-hybridized carbons (Fsp3) is 0.471. The molecule has 5 aliphatic rings. The number of piperidine rings is 1. The van der Waals surface area contributed by atoms with Crippen LogP contribution < -0.4 is 19.1 Å². The van der Waals surface area contributed by atoms with Crippen LogP contribution in [0.15, 0.2) is 49.1 Å². The maximum absolute atomic E-state index is 10.5. The third-order valence-corrected chi connectivity index (χ3v) is 10.3. The minimum absolute atomic E-state index is 0.197. The predicted octanol–water partition coefficient (Wildman–Crippen LogP) is 3.93. The molecule has 11 heteroatoms. The SMILES string of the molecule is COc1ccc(CN2C3CC2CN(c2ncc(-c4cc(OCCC5CC6CC6C5O)cn5ncc(C#N)c45)cc2OC)C3)cn1. The minimum Gasteiger partial charge on any atom is -0.493 e. The molecule has 4 aromatic rings. The van der Waals surface area contributed by atoms with Gasteiger partial charge in [-0.15, -0.1) is 0 Å². The number of nitriles is 1. The zero-order chi connectivity index (χ0) is 30.7. The van der Waals surface area contributed by atoms with Gasteiger partial charge in [-0.1, -0.05) is 6.07 Å². The Bertz CT molecular complexity index is 1760.